The SMILES string of the molecule is Cc1ccc(C#N)cc1Nc1ncc(N)c(C)c1Br. The Bertz CT molecular complexity index is 674. The predicted octanol–water partition coefficient (Wildman–Crippen LogP) is 3.66. The standard InChI is InChI=1S/C14H13BrN4/c1-8-3-4-10(6-16)5-12(8)19-14-13(15)9(2)11(17)7-18-14/h3-5,7H,17H2,1-2H3,(H,18,19). The monoisotopic (exact) mass is 316 g/mol. The molecule has 3 N–H and O–H groups in total. The fraction of sp³-hybridized carbons (Fsp3) is 0.143. The number of nitriles is 1. The second-order valence-electron chi connectivity index (χ2n) is 4.27. The Morgan fingerprint density at radius 2 is 2.11 bits per heavy atom. The summed E-state index contributed by atoms with van der Waals surface area (Å²) in [6.07, 6.45) is 1.62. The van der Waals surface area contributed by atoms with Crippen LogP contribution in [-0.2, 0) is 0 Å². The first-order chi connectivity index (χ1) is 9.02. The van der Waals surface area contributed by atoms with E-state index in [4.69, 9.17) is 11.0 Å². The van der Waals surface area contributed by atoms with E-state index in [0.717, 1.165) is 21.3 Å². The van der Waals surface area contributed by atoms with Crippen LogP contribution in [0.5, 0.6) is 0 Å². The van der Waals surface area contributed by atoms with Crippen LogP contribution in [-0.4, -0.2) is 4.98 Å². The number of aromatic nitrogens is 1. The fourth-order valence-electron chi connectivity index (χ4n) is 1.63. The fourth-order valence-corrected chi connectivity index (χ4v) is 2.06. The Kier molecular flexibility index (Phi) is 3.72. The number of pyridine rings is 1. The van der Waals surface area contributed by atoms with Crippen molar-refractivity contribution in [1.29, 1.82) is 5.26 Å². The number of nitrogens with two attached hydrogens (primary N) is 1. The summed E-state index contributed by atoms with van der Waals surface area (Å²) in [5, 5.41) is 12.2. The van der Waals surface area contributed by atoms with Gasteiger partial charge in [0, 0.05) is 5.69 Å². The molecule has 19 heavy (non-hydrogen) atoms. The van der Waals surface area contributed by atoms with Crippen molar-refractivity contribution in [1.82, 2.24) is 4.98 Å². The minimum absolute atomic E-state index is 0.608. The molecule has 4 nitrogen and oxygen atoms in total. The van der Waals surface area contributed by atoms with E-state index >= 15 is 0 Å². The number of nitrogen functional groups attached to an aromatic ring is 1. The van der Waals surface area contributed by atoms with Gasteiger partial charge in [0.25, 0.3) is 0 Å². The van der Waals surface area contributed by atoms with Gasteiger partial charge in [-0.25, -0.2) is 4.98 Å². The van der Waals surface area contributed by atoms with E-state index in [1.54, 1.807) is 18.3 Å². The van der Waals surface area contributed by atoms with Crippen LogP contribution in [0.15, 0.2) is 28.9 Å². The maximum Gasteiger partial charge on any atom is 0.145 e. The molecule has 0 fully saturated rings. The molecule has 1 heterocycles. The first kappa shape index (κ1) is 13.4. The van der Waals surface area contributed by atoms with E-state index in [1.165, 1.54) is 0 Å². The molecule has 2 rings (SSSR count). The van der Waals surface area contributed by atoms with Gasteiger partial charge in [0.05, 0.1) is 28.0 Å². The van der Waals surface area contributed by atoms with Crippen LogP contribution >= 0.6 is 15.9 Å². The third-order valence-electron chi connectivity index (χ3n) is 2.92. The van der Waals surface area contributed by atoms with Crippen LogP contribution in [0.2, 0.25) is 0 Å². The highest BCUT2D eigenvalue weighted by Crippen LogP contribution is 2.31. The van der Waals surface area contributed by atoms with Crippen molar-refractivity contribution in [3.63, 3.8) is 0 Å². The zero-order chi connectivity index (χ0) is 14.0. The average molecular weight is 317 g/mol. The van der Waals surface area contributed by atoms with Crippen molar-refractivity contribution in [3.8, 4) is 6.07 Å². The first-order valence-corrected chi connectivity index (χ1v) is 6.50. The van der Waals surface area contributed by atoms with Crippen LogP contribution in [0.1, 0.15) is 16.7 Å². The minimum atomic E-state index is 0.608. The highest BCUT2D eigenvalue weighted by Gasteiger charge is 2.09. The van der Waals surface area contributed by atoms with E-state index in [9.17, 15) is 0 Å². The number of benzene rings is 1. The van der Waals surface area contributed by atoms with Gasteiger partial charge >= 0.3 is 0 Å². The van der Waals surface area contributed by atoms with Crippen LogP contribution < -0.4 is 11.1 Å². The molecule has 1 aromatic carbocycles. The Morgan fingerprint density at radius 1 is 1.37 bits per heavy atom. The average Bonchev–Trinajstić information content (AvgIpc) is 2.41. The molecule has 0 aliphatic rings. The van der Waals surface area contributed by atoms with Crippen molar-refractivity contribution in [2.75, 3.05) is 11.1 Å². The summed E-state index contributed by atoms with van der Waals surface area (Å²) >= 11 is 3.48. The van der Waals surface area contributed by atoms with Crippen LogP contribution in [0.25, 0.3) is 0 Å². The molecule has 0 saturated carbocycles. The smallest absolute Gasteiger partial charge is 0.145 e. The first-order valence-electron chi connectivity index (χ1n) is 5.71. The summed E-state index contributed by atoms with van der Waals surface area (Å²) in [6.45, 7) is 3.90. The highest BCUT2D eigenvalue weighted by atomic mass is 79.9. The molecule has 0 atom stereocenters. The molecule has 5 heteroatoms. The molecule has 96 valence electrons. The number of halogens is 1. The summed E-state index contributed by atoms with van der Waals surface area (Å²) < 4.78 is 0.828. The maximum absolute atomic E-state index is 8.93. The van der Waals surface area contributed by atoms with Gasteiger partial charge in [-0.1, -0.05) is 6.07 Å². The predicted molar refractivity (Wildman–Crippen MR) is 80.3 cm³/mol. The number of anilines is 3. The lowest BCUT2D eigenvalue weighted by atomic mass is 10.1. The molecule has 2 aromatic rings. The lowest BCUT2D eigenvalue weighted by molar-refractivity contribution is 1.25. The number of hydrogen-bond acceptors (Lipinski definition) is 4. The quantitative estimate of drug-likeness (QED) is 0.886. The number of nitrogens with zero attached hydrogens (tertiary/aromatic N) is 2. The lowest BCUT2D eigenvalue weighted by Crippen LogP contribution is -2.01. The molecule has 0 amide bonds. The number of aryl methyl sites for hydroxylation is 1. The molecule has 0 spiro atoms. The van der Waals surface area contributed by atoms with E-state index in [2.05, 4.69) is 32.3 Å². The van der Waals surface area contributed by atoms with Gasteiger partial charge < -0.3 is 11.1 Å². The Labute approximate surface area is 120 Å². The molecule has 0 aliphatic heterocycles. The lowest BCUT2D eigenvalue weighted by Gasteiger charge is -2.13. The number of nitrogens with one attached hydrogen (secondary N) is 1. The van der Waals surface area contributed by atoms with E-state index in [0.29, 0.717) is 17.1 Å². The van der Waals surface area contributed by atoms with Gasteiger partial charge in [-0.05, 0) is 53.0 Å². The molecule has 0 radical (unpaired) electrons. The van der Waals surface area contributed by atoms with Gasteiger partial charge in [0.1, 0.15) is 5.82 Å². The van der Waals surface area contributed by atoms with Crippen LogP contribution in [0.3, 0.4) is 0 Å². The minimum Gasteiger partial charge on any atom is -0.397 e. The van der Waals surface area contributed by atoms with E-state index in [-0.39, 0.29) is 0 Å². The van der Waals surface area contributed by atoms with Gasteiger partial charge in [0.15, 0.2) is 0 Å². The van der Waals surface area contributed by atoms with Crippen LogP contribution in [0.4, 0.5) is 17.2 Å². The molecule has 0 bridgehead atoms. The number of hydrogen-bond donors (Lipinski definition) is 2. The van der Waals surface area contributed by atoms with Gasteiger partial charge in [-0.3, -0.25) is 0 Å². The van der Waals surface area contributed by atoms with Crippen molar-refractivity contribution in [2.24, 2.45) is 0 Å². The van der Waals surface area contributed by atoms with Gasteiger partial charge in [-0.2, -0.15) is 5.26 Å². The van der Waals surface area contributed by atoms with E-state index in [1.807, 2.05) is 19.9 Å². The molecule has 0 saturated heterocycles. The summed E-state index contributed by atoms with van der Waals surface area (Å²) in [5.74, 6) is 0.685. The Hall–Kier alpha value is -2.06. The molecule has 0 aliphatic carbocycles. The second-order valence-corrected chi connectivity index (χ2v) is 5.06. The summed E-state index contributed by atoms with van der Waals surface area (Å²) in [4.78, 5) is 4.26. The molecular weight excluding hydrogens is 304 g/mol. The number of rotatable bonds is 2. The summed E-state index contributed by atoms with van der Waals surface area (Å²) in [7, 11) is 0. The normalized spacial score (nSPS) is 10.0. The second kappa shape index (κ2) is 5.29. The van der Waals surface area contributed by atoms with Crippen molar-refractivity contribution in [3.05, 3.63) is 45.6 Å². The van der Waals surface area contributed by atoms with Gasteiger partial charge in [0.2, 0.25) is 0 Å². The van der Waals surface area contributed by atoms with Gasteiger partial charge in [-0.15, -0.1) is 0 Å². The highest BCUT2D eigenvalue weighted by molar-refractivity contribution is 9.10. The van der Waals surface area contributed by atoms with Crippen molar-refractivity contribution >= 4 is 33.1 Å². The summed E-state index contributed by atoms with van der Waals surface area (Å²) in [6, 6.07) is 7.61. The third-order valence-corrected chi connectivity index (χ3v) is 3.89. The van der Waals surface area contributed by atoms with Crippen LogP contribution in [0, 0.1) is 25.2 Å². The molecular formula is C14H13BrN4. The zero-order valence-electron chi connectivity index (χ0n) is 10.7. The van der Waals surface area contributed by atoms with Crippen molar-refractivity contribution < 1.29 is 0 Å². The van der Waals surface area contributed by atoms with Crippen molar-refractivity contribution in [2.45, 2.75) is 13.8 Å². The topological polar surface area (TPSA) is 74.7 Å². The molecule has 0 unspecified atom stereocenters. The summed E-state index contributed by atoms with van der Waals surface area (Å²) in [5.41, 5.74) is 9.88. The third kappa shape index (κ3) is 2.69. The molecule has 1 aromatic heterocycles. The Morgan fingerprint density at radius 3 is 2.79 bits per heavy atom. The largest absolute Gasteiger partial charge is 0.397 e. The van der Waals surface area contributed by atoms with E-state index < -0.39 is 0 Å². The Balaban J connectivity index is 2.42. The maximum atomic E-state index is 8.93. The zero-order valence-corrected chi connectivity index (χ0v) is 12.2.